The predicted molar refractivity (Wildman–Crippen MR) is 129 cm³/mol. The third kappa shape index (κ3) is 4.27. The molecular formula is C22H23N3O3S3. The van der Waals surface area contributed by atoms with Crippen LogP contribution in [0, 0.1) is 13.8 Å². The molecule has 0 amide bonds. The van der Waals surface area contributed by atoms with Gasteiger partial charge in [0.15, 0.2) is 10.9 Å². The standard InChI is InChI=1S/C22H23N3O3S3/c1-12-8-15(14(3)25(12)13(2)9-28-4)17(26)11-31-22-23-20(27)19-16(10-30-21(19)24-22)18-6-5-7-29-18/h5-8,10,13H,9,11H2,1-4H3,(H,23,24,27)/t13-/m0/s1. The van der Waals surface area contributed by atoms with Gasteiger partial charge in [-0.1, -0.05) is 17.8 Å². The molecule has 6 nitrogen and oxygen atoms in total. The van der Waals surface area contributed by atoms with Crippen LogP contribution in [0.15, 0.2) is 38.9 Å². The summed E-state index contributed by atoms with van der Waals surface area (Å²) in [7, 11) is 1.68. The van der Waals surface area contributed by atoms with E-state index in [1.807, 2.05) is 42.8 Å². The minimum Gasteiger partial charge on any atom is -0.383 e. The zero-order valence-corrected chi connectivity index (χ0v) is 20.2. The number of thioether (sulfide) groups is 1. The summed E-state index contributed by atoms with van der Waals surface area (Å²) in [4.78, 5) is 34.8. The van der Waals surface area contributed by atoms with E-state index in [9.17, 15) is 9.59 Å². The quantitative estimate of drug-likeness (QED) is 0.213. The fourth-order valence-electron chi connectivity index (χ4n) is 3.88. The number of thiophene rings is 2. The number of fused-ring (bicyclic) bond motifs is 1. The van der Waals surface area contributed by atoms with E-state index >= 15 is 0 Å². The Labute approximate surface area is 192 Å². The number of nitrogens with zero attached hydrogens (tertiary/aromatic N) is 2. The van der Waals surface area contributed by atoms with E-state index in [1.165, 1.54) is 23.1 Å². The third-order valence-electron chi connectivity index (χ3n) is 5.18. The van der Waals surface area contributed by atoms with Gasteiger partial charge in [-0.15, -0.1) is 22.7 Å². The van der Waals surface area contributed by atoms with E-state index in [1.54, 1.807) is 18.4 Å². The van der Waals surface area contributed by atoms with E-state index in [4.69, 9.17) is 4.74 Å². The van der Waals surface area contributed by atoms with Crippen LogP contribution in [0.4, 0.5) is 0 Å². The number of carbonyl (C=O) groups excluding carboxylic acids is 1. The van der Waals surface area contributed by atoms with Gasteiger partial charge in [0, 0.05) is 39.9 Å². The first kappa shape index (κ1) is 22.0. The topological polar surface area (TPSA) is 77.0 Å². The Morgan fingerprint density at radius 2 is 2.16 bits per heavy atom. The Hall–Kier alpha value is -2.20. The average molecular weight is 474 g/mol. The molecule has 0 bridgehead atoms. The number of aryl methyl sites for hydroxylation is 1. The van der Waals surface area contributed by atoms with Crippen LogP contribution in [-0.4, -0.2) is 39.8 Å². The number of aromatic amines is 1. The van der Waals surface area contributed by atoms with Gasteiger partial charge in [-0.3, -0.25) is 9.59 Å². The van der Waals surface area contributed by atoms with E-state index in [2.05, 4.69) is 21.5 Å². The van der Waals surface area contributed by atoms with Crippen molar-refractivity contribution in [2.45, 2.75) is 32.0 Å². The van der Waals surface area contributed by atoms with E-state index in [-0.39, 0.29) is 23.1 Å². The fourth-order valence-corrected chi connectivity index (χ4v) is 6.44. The predicted octanol–water partition coefficient (Wildman–Crippen LogP) is 5.31. The van der Waals surface area contributed by atoms with Crippen LogP contribution in [0.1, 0.15) is 34.7 Å². The highest BCUT2D eigenvalue weighted by atomic mass is 32.2. The lowest BCUT2D eigenvalue weighted by Crippen LogP contribution is -2.15. The summed E-state index contributed by atoms with van der Waals surface area (Å²) in [5.41, 5.74) is 3.41. The maximum Gasteiger partial charge on any atom is 0.260 e. The Balaban J connectivity index is 1.54. The SMILES string of the molecule is COC[C@H](C)n1c(C)cc(C(=O)CSc2nc3scc(-c4cccs4)c3c(=O)[nH]2)c1C. The number of carbonyl (C=O) groups is 1. The van der Waals surface area contributed by atoms with Gasteiger partial charge in [0.05, 0.1) is 23.8 Å². The normalized spacial score (nSPS) is 12.5. The van der Waals surface area contributed by atoms with Crippen LogP contribution >= 0.6 is 34.4 Å². The molecule has 0 spiro atoms. The zero-order valence-electron chi connectivity index (χ0n) is 17.7. The van der Waals surface area contributed by atoms with Gasteiger partial charge >= 0.3 is 0 Å². The lowest BCUT2D eigenvalue weighted by molar-refractivity contribution is 0.102. The van der Waals surface area contributed by atoms with Crippen LogP contribution < -0.4 is 5.56 Å². The van der Waals surface area contributed by atoms with Gasteiger partial charge < -0.3 is 14.3 Å². The molecule has 1 N–H and O–H groups in total. The third-order valence-corrected chi connectivity index (χ3v) is 7.83. The van der Waals surface area contributed by atoms with Gasteiger partial charge in [0.2, 0.25) is 0 Å². The molecule has 0 radical (unpaired) electrons. The first-order valence-electron chi connectivity index (χ1n) is 9.79. The molecule has 0 aromatic carbocycles. The molecule has 0 unspecified atom stereocenters. The van der Waals surface area contributed by atoms with Crippen LogP contribution in [0.3, 0.4) is 0 Å². The highest BCUT2D eigenvalue weighted by Gasteiger charge is 2.20. The van der Waals surface area contributed by atoms with Crippen molar-refractivity contribution in [2.75, 3.05) is 19.5 Å². The smallest absolute Gasteiger partial charge is 0.260 e. The van der Waals surface area contributed by atoms with Crippen molar-refractivity contribution in [1.29, 1.82) is 0 Å². The molecule has 0 fully saturated rings. The number of hydrogen-bond acceptors (Lipinski definition) is 7. The number of methoxy groups -OCH3 is 1. The van der Waals surface area contributed by atoms with E-state index in [0.29, 0.717) is 27.5 Å². The first-order chi connectivity index (χ1) is 14.9. The van der Waals surface area contributed by atoms with E-state index < -0.39 is 0 Å². The second kappa shape index (κ2) is 9.12. The molecule has 4 rings (SSSR count). The van der Waals surface area contributed by atoms with Crippen molar-refractivity contribution >= 4 is 50.4 Å². The number of ether oxygens (including phenoxy) is 1. The summed E-state index contributed by atoms with van der Waals surface area (Å²) in [6.07, 6.45) is 0. The van der Waals surface area contributed by atoms with Gasteiger partial charge in [0.1, 0.15) is 4.83 Å². The fraction of sp³-hybridized carbons (Fsp3) is 0.318. The maximum absolute atomic E-state index is 12.9. The summed E-state index contributed by atoms with van der Waals surface area (Å²) in [6.45, 7) is 6.61. The van der Waals surface area contributed by atoms with Gasteiger partial charge in [-0.25, -0.2) is 4.98 Å². The van der Waals surface area contributed by atoms with Crippen molar-refractivity contribution in [2.24, 2.45) is 0 Å². The number of Topliss-reactive ketones (excluding diaryl/α,β-unsaturated/α-hetero) is 1. The van der Waals surface area contributed by atoms with Crippen molar-refractivity contribution in [3.63, 3.8) is 0 Å². The lowest BCUT2D eigenvalue weighted by Gasteiger charge is -2.17. The minimum atomic E-state index is -0.170. The summed E-state index contributed by atoms with van der Waals surface area (Å²) in [5, 5.41) is 5.03. The second-order valence-corrected chi connectivity index (χ2v) is 10.1. The molecule has 0 aliphatic carbocycles. The molecule has 162 valence electrons. The monoisotopic (exact) mass is 473 g/mol. The zero-order chi connectivity index (χ0) is 22.1. The lowest BCUT2D eigenvalue weighted by atomic mass is 10.2. The molecule has 4 heterocycles. The van der Waals surface area contributed by atoms with Crippen LogP contribution in [-0.2, 0) is 4.74 Å². The molecule has 4 aromatic rings. The number of aromatic nitrogens is 3. The molecule has 9 heteroatoms. The Bertz CT molecular complexity index is 1280. The second-order valence-electron chi connectivity index (χ2n) is 7.35. The first-order valence-corrected chi connectivity index (χ1v) is 12.5. The van der Waals surface area contributed by atoms with Crippen molar-refractivity contribution in [3.8, 4) is 10.4 Å². The highest BCUT2D eigenvalue weighted by molar-refractivity contribution is 7.99. The molecule has 1 atom stereocenters. The number of rotatable bonds is 8. The summed E-state index contributed by atoms with van der Waals surface area (Å²) < 4.78 is 7.39. The molecule has 4 aromatic heterocycles. The maximum atomic E-state index is 12.9. The molecule has 0 aliphatic rings. The average Bonchev–Trinajstić information content (AvgIpc) is 3.45. The Morgan fingerprint density at radius 1 is 1.35 bits per heavy atom. The molecular weight excluding hydrogens is 450 g/mol. The number of H-pyrrole nitrogens is 1. The number of ketones is 1. The van der Waals surface area contributed by atoms with E-state index in [0.717, 1.165) is 21.8 Å². The molecule has 0 aliphatic heterocycles. The van der Waals surface area contributed by atoms with Gasteiger partial charge in [0.25, 0.3) is 5.56 Å². The highest BCUT2D eigenvalue weighted by Crippen LogP contribution is 2.34. The summed E-state index contributed by atoms with van der Waals surface area (Å²) in [6, 6.07) is 6.04. The largest absolute Gasteiger partial charge is 0.383 e. The summed E-state index contributed by atoms with van der Waals surface area (Å²) >= 11 is 4.31. The molecule has 0 saturated carbocycles. The van der Waals surface area contributed by atoms with Gasteiger partial charge in [-0.05, 0) is 38.3 Å². The molecule has 0 saturated heterocycles. The van der Waals surface area contributed by atoms with Crippen molar-refractivity contribution in [1.82, 2.24) is 14.5 Å². The van der Waals surface area contributed by atoms with Gasteiger partial charge in [-0.2, -0.15) is 0 Å². The minimum absolute atomic E-state index is 0.0159. The number of nitrogens with one attached hydrogen (secondary N) is 1. The molecule has 31 heavy (non-hydrogen) atoms. The van der Waals surface area contributed by atoms with Crippen molar-refractivity contribution in [3.05, 3.63) is 56.3 Å². The van der Waals surface area contributed by atoms with Crippen LogP contribution in [0.2, 0.25) is 0 Å². The Kier molecular flexibility index (Phi) is 6.47. The van der Waals surface area contributed by atoms with Crippen LogP contribution in [0.5, 0.6) is 0 Å². The van der Waals surface area contributed by atoms with Crippen LogP contribution in [0.25, 0.3) is 20.7 Å². The number of hydrogen-bond donors (Lipinski definition) is 1. The Morgan fingerprint density at radius 3 is 2.87 bits per heavy atom. The summed E-state index contributed by atoms with van der Waals surface area (Å²) in [5.74, 6) is 0.225. The van der Waals surface area contributed by atoms with Crippen molar-refractivity contribution < 1.29 is 9.53 Å².